The van der Waals surface area contributed by atoms with E-state index in [2.05, 4.69) is 4.72 Å². The standard InChI is InChI=1S/C6H16N2O3S/c1-2-7-12(9,10)8-3-5-11-6-4-8/h7,9-10H,2-6H2,1H3. The van der Waals surface area contributed by atoms with Gasteiger partial charge >= 0.3 is 0 Å². The molecule has 6 heteroatoms. The lowest BCUT2D eigenvalue weighted by molar-refractivity contribution is 0.0677. The zero-order valence-corrected chi connectivity index (χ0v) is 8.01. The van der Waals surface area contributed by atoms with Crippen molar-refractivity contribution in [2.45, 2.75) is 6.92 Å². The summed E-state index contributed by atoms with van der Waals surface area (Å²) in [4.78, 5) is 0. The van der Waals surface area contributed by atoms with Crippen LogP contribution in [-0.2, 0) is 4.74 Å². The van der Waals surface area contributed by atoms with Crippen molar-refractivity contribution in [1.82, 2.24) is 9.03 Å². The maximum atomic E-state index is 9.54. The van der Waals surface area contributed by atoms with Crippen molar-refractivity contribution < 1.29 is 13.8 Å². The predicted molar refractivity (Wildman–Crippen MR) is 48.9 cm³/mol. The first-order chi connectivity index (χ1) is 5.67. The lowest BCUT2D eigenvalue weighted by atomic mass is 10.5. The Labute approximate surface area is 74.3 Å². The molecule has 5 nitrogen and oxygen atoms in total. The highest BCUT2D eigenvalue weighted by Crippen LogP contribution is 2.38. The van der Waals surface area contributed by atoms with Crippen molar-refractivity contribution in [3.63, 3.8) is 0 Å². The molecule has 0 atom stereocenters. The minimum atomic E-state index is -2.73. The van der Waals surface area contributed by atoms with Crippen LogP contribution in [0.3, 0.4) is 0 Å². The number of nitrogens with zero attached hydrogens (tertiary/aromatic N) is 1. The van der Waals surface area contributed by atoms with E-state index in [1.165, 1.54) is 0 Å². The number of hydrogen-bond acceptors (Lipinski definition) is 5. The monoisotopic (exact) mass is 196 g/mol. The van der Waals surface area contributed by atoms with Gasteiger partial charge < -0.3 is 4.74 Å². The zero-order chi connectivity index (χ0) is 9.03. The van der Waals surface area contributed by atoms with Crippen LogP contribution in [0.2, 0.25) is 0 Å². The summed E-state index contributed by atoms with van der Waals surface area (Å²) in [5.41, 5.74) is 0. The van der Waals surface area contributed by atoms with Crippen molar-refractivity contribution in [3.05, 3.63) is 0 Å². The zero-order valence-electron chi connectivity index (χ0n) is 7.19. The quantitative estimate of drug-likeness (QED) is 0.614. The van der Waals surface area contributed by atoms with Crippen molar-refractivity contribution in [2.24, 2.45) is 0 Å². The Balaban J connectivity index is 2.41. The Morgan fingerprint density at radius 2 is 2.00 bits per heavy atom. The number of hydrogen-bond donors (Lipinski definition) is 3. The second kappa shape index (κ2) is 4.40. The summed E-state index contributed by atoms with van der Waals surface area (Å²) in [5.74, 6) is 0. The second-order valence-corrected chi connectivity index (χ2v) is 4.40. The summed E-state index contributed by atoms with van der Waals surface area (Å²) in [6.07, 6.45) is 0. The van der Waals surface area contributed by atoms with Crippen molar-refractivity contribution in [1.29, 1.82) is 0 Å². The lowest BCUT2D eigenvalue weighted by Gasteiger charge is -2.44. The predicted octanol–water partition coefficient (Wildman–Crippen LogP) is 0.509. The summed E-state index contributed by atoms with van der Waals surface area (Å²) in [5, 5.41) is 0. The van der Waals surface area contributed by atoms with Gasteiger partial charge in [-0.15, -0.1) is 0 Å². The van der Waals surface area contributed by atoms with Gasteiger partial charge in [0, 0.05) is 19.6 Å². The molecular weight excluding hydrogens is 180 g/mol. The highest BCUT2D eigenvalue weighted by atomic mass is 32.3. The normalized spacial score (nSPS) is 22.6. The van der Waals surface area contributed by atoms with Gasteiger partial charge in [-0.05, 0) is 0 Å². The number of nitrogens with one attached hydrogen (secondary N) is 1. The van der Waals surface area contributed by atoms with Gasteiger partial charge in [-0.25, -0.2) is 4.72 Å². The molecule has 0 aromatic rings. The Bertz CT molecular complexity index is 139. The van der Waals surface area contributed by atoms with E-state index in [0.29, 0.717) is 32.8 Å². The van der Waals surface area contributed by atoms with E-state index >= 15 is 0 Å². The third-order valence-electron chi connectivity index (χ3n) is 1.67. The molecule has 0 bridgehead atoms. The SMILES string of the molecule is CCNS(O)(O)N1CCOCC1. The molecule has 0 aromatic carbocycles. The third kappa shape index (κ3) is 2.58. The van der Waals surface area contributed by atoms with E-state index in [1.54, 1.807) is 4.31 Å². The molecule has 3 N–H and O–H groups in total. The molecule has 1 saturated heterocycles. The Hall–Kier alpha value is 0.150. The summed E-state index contributed by atoms with van der Waals surface area (Å²) < 4.78 is 28.5. The fourth-order valence-corrected chi connectivity index (χ4v) is 2.31. The van der Waals surface area contributed by atoms with Gasteiger partial charge in [0.25, 0.3) is 0 Å². The Morgan fingerprint density at radius 3 is 2.50 bits per heavy atom. The molecule has 1 aliphatic rings. The van der Waals surface area contributed by atoms with E-state index in [0.717, 1.165) is 0 Å². The van der Waals surface area contributed by atoms with Gasteiger partial charge in [0.05, 0.1) is 13.2 Å². The van der Waals surface area contributed by atoms with Gasteiger partial charge in [-0.1, -0.05) is 17.9 Å². The lowest BCUT2D eigenvalue weighted by Crippen LogP contribution is -2.43. The number of ether oxygens (including phenoxy) is 1. The van der Waals surface area contributed by atoms with Crippen LogP contribution in [0.15, 0.2) is 0 Å². The third-order valence-corrected chi connectivity index (χ3v) is 3.43. The molecule has 12 heavy (non-hydrogen) atoms. The van der Waals surface area contributed by atoms with Crippen molar-refractivity contribution in [3.8, 4) is 0 Å². The van der Waals surface area contributed by atoms with Crippen LogP contribution < -0.4 is 4.72 Å². The number of rotatable bonds is 3. The molecule has 0 amide bonds. The van der Waals surface area contributed by atoms with Gasteiger partial charge in [-0.3, -0.25) is 9.11 Å². The minimum absolute atomic E-state index is 0.555. The summed E-state index contributed by atoms with van der Waals surface area (Å²) in [6.45, 7) is 4.70. The van der Waals surface area contributed by atoms with E-state index in [9.17, 15) is 9.11 Å². The minimum Gasteiger partial charge on any atom is -0.379 e. The molecule has 1 fully saturated rings. The first-order valence-electron chi connectivity index (χ1n) is 4.02. The molecule has 0 aliphatic carbocycles. The molecule has 0 radical (unpaired) electrons. The molecule has 74 valence electrons. The van der Waals surface area contributed by atoms with E-state index in [1.807, 2.05) is 6.92 Å². The molecule has 0 unspecified atom stereocenters. The smallest absolute Gasteiger partial charge is 0.0611 e. The summed E-state index contributed by atoms with van der Waals surface area (Å²) in [7, 11) is -2.73. The van der Waals surface area contributed by atoms with Crippen LogP contribution >= 0.6 is 11.0 Å². The van der Waals surface area contributed by atoms with Crippen molar-refractivity contribution >= 4 is 11.0 Å². The number of morpholine rings is 1. The average Bonchev–Trinajstić information content (AvgIpc) is 2.06. The molecule has 1 aliphatic heterocycles. The molecule has 1 heterocycles. The average molecular weight is 196 g/mol. The van der Waals surface area contributed by atoms with E-state index in [-0.39, 0.29) is 0 Å². The highest BCUT2D eigenvalue weighted by Gasteiger charge is 2.23. The van der Waals surface area contributed by atoms with Gasteiger partial charge in [0.2, 0.25) is 0 Å². The molecule has 0 aromatic heterocycles. The largest absolute Gasteiger partial charge is 0.379 e. The van der Waals surface area contributed by atoms with Crippen LogP contribution in [-0.4, -0.2) is 46.3 Å². The Kier molecular flexibility index (Phi) is 3.76. The highest BCUT2D eigenvalue weighted by molar-refractivity contribution is 8.20. The second-order valence-electron chi connectivity index (χ2n) is 2.56. The molecule has 0 spiro atoms. The van der Waals surface area contributed by atoms with Crippen LogP contribution in [0.1, 0.15) is 6.92 Å². The van der Waals surface area contributed by atoms with Crippen LogP contribution in [0.4, 0.5) is 0 Å². The van der Waals surface area contributed by atoms with Gasteiger partial charge in [0.1, 0.15) is 0 Å². The summed E-state index contributed by atoms with van der Waals surface area (Å²) >= 11 is 0. The van der Waals surface area contributed by atoms with Gasteiger partial charge in [-0.2, -0.15) is 4.31 Å². The molecule has 0 saturated carbocycles. The Morgan fingerprint density at radius 1 is 1.42 bits per heavy atom. The van der Waals surface area contributed by atoms with E-state index in [4.69, 9.17) is 4.74 Å². The first-order valence-corrected chi connectivity index (χ1v) is 5.53. The first kappa shape index (κ1) is 10.2. The molecular formula is C6H16N2O3S. The van der Waals surface area contributed by atoms with Crippen LogP contribution in [0.5, 0.6) is 0 Å². The topological polar surface area (TPSA) is 65.0 Å². The maximum absolute atomic E-state index is 9.54. The molecule has 1 rings (SSSR count). The van der Waals surface area contributed by atoms with Gasteiger partial charge in [0.15, 0.2) is 0 Å². The fraction of sp³-hybridized carbons (Fsp3) is 1.00. The van der Waals surface area contributed by atoms with Crippen molar-refractivity contribution in [2.75, 3.05) is 32.8 Å². The van der Waals surface area contributed by atoms with Crippen LogP contribution in [0.25, 0.3) is 0 Å². The van der Waals surface area contributed by atoms with E-state index < -0.39 is 11.0 Å². The fourth-order valence-electron chi connectivity index (χ4n) is 1.09. The maximum Gasteiger partial charge on any atom is 0.0611 e. The van der Waals surface area contributed by atoms with Crippen LogP contribution in [0, 0.1) is 0 Å². The summed E-state index contributed by atoms with van der Waals surface area (Å²) in [6, 6.07) is 0.